The van der Waals surface area contributed by atoms with E-state index in [9.17, 15) is 9.59 Å². The van der Waals surface area contributed by atoms with Crippen molar-refractivity contribution in [3.8, 4) is 17.2 Å². The highest BCUT2D eigenvalue weighted by Crippen LogP contribution is 2.49. The number of esters is 2. The quantitative estimate of drug-likeness (QED) is 0.232. The fraction of sp³-hybridized carbons (Fsp3) is 0.450. The molecule has 2 aliphatic carbocycles. The van der Waals surface area contributed by atoms with Crippen LogP contribution in [0.4, 0.5) is 0 Å². The maximum absolute atomic E-state index is 11.6. The molecule has 2 fully saturated rings. The first kappa shape index (κ1) is 37.2. The molecule has 1 N–H and O–H groups in total. The average Bonchev–Trinajstić information content (AvgIpc) is 3.93. The van der Waals surface area contributed by atoms with Crippen molar-refractivity contribution in [3.05, 3.63) is 96.1 Å². The van der Waals surface area contributed by atoms with Crippen LogP contribution in [0.3, 0.4) is 0 Å². The molecule has 4 atom stereocenters. The summed E-state index contributed by atoms with van der Waals surface area (Å²) in [6, 6.07) is 23.0. The Morgan fingerprint density at radius 1 is 0.681 bits per heavy atom. The fourth-order valence-corrected chi connectivity index (χ4v) is 5.03. The van der Waals surface area contributed by atoms with Crippen LogP contribution in [0.5, 0.6) is 17.2 Å². The van der Waals surface area contributed by atoms with E-state index in [2.05, 4.69) is 6.58 Å². The van der Waals surface area contributed by atoms with Gasteiger partial charge < -0.3 is 24.1 Å². The van der Waals surface area contributed by atoms with Gasteiger partial charge in [0.2, 0.25) is 0 Å². The largest absolute Gasteiger partial charge is 0.508 e. The maximum Gasteiger partial charge on any atom is 0.309 e. The molecule has 7 nitrogen and oxygen atoms in total. The zero-order valence-electron chi connectivity index (χ0n) is 29.2. The maximum atomic E-state index is 11.6. The highest BCUT2D eigenvalue weighted by Gasteiger charge is 2.45. The number of carbonyl (C=O) groups excluding carboxylic acids is 2. The van der Waals surface area contributed by atoms with Crippen LogP contribution in [-0.2, 0) is 19.1 Å². The molecule has 254 valence electrons. The van der Waals surface area contributed by atoms with E-state index in [1.165, 1.54) is 5.56 Å². The van der Waals surface area contributed by atoms with Gasteiger partial charge in [0.05, 0.1) is 25.0 Å². The van der Waals surface area contributed by atoms with Gasteiger partial charge in [-0.15, -0.1) is 0 Å². The first-order chi connectivity index (χ1) is 22.1. The van der Waals surface area contributed by atoms with Gasteiger partial charge in [-0.05, 0) is 133 Å². The molecule has 7 heteroatoms. The standard InChI is InChI=1S/C16H22O3.C12H14O3.C12H16O/c1-5-18-15(17)14-10-13(14)11-6-8-12(9-7-11)19-16(2,3)4;1-2-15-12(14)11-7-10(11)8-3-5-9(13)6-4-8;1-5-10-6-8-11(9-7-10)13-12(2,3)4/h6-9,13-14H,5,10H2,1-4H3;3-6,10-11,13H,2,7H2,1H3;5-9H,1H2,2-4H3/t13-,14+;10-,11+;/m11./s1. The summed E-state index contributed by atoms with van der Waals surface area (Å²) in [6.45, 7) is 20.4. The van der Waals surface area contributed by atoms with Gasteiger partial charge >= 0.3 is 11.9 Å². The molecule has 0 bridgehead atoms. The summed E-state index contributed by atoms with van der Waals surface area (Å²) in [5, 5.41) is 9.13. The zero-order chi connectivity index (χ0) is 34.8. The topological polar surface area (TPSA) is 91.3 Å². The van der Waals surface area contributed by atoms with Crippen LogP contribution in [-0.4, -0.2) is 41.5 Å². The van der Waals surface area contributed by atoms with E-state index >= 15 is 0 Å². The van der Waals surface area contributed by atoms with Gasteiger partial charge in [0, 0.05) is 0 Å². The predicted octanol–water partition coefficient (Wildman–Crippen LogP) is 9.10. The van der Waals surface area contributed by atoms with Crippen LogP contribution in [0.2, 0.25) is 0 Å². The van der Waals surface area contributed by atoms with E-state index in [4.69, 9.17) is 24.1 Å². The summed E-state index contributed by atoms with van der Waals surface area (Å²) in [7, 11) is 0. The van der Waals surface area contributed by atoms with Crippen LogP contribution in [0.25, 0.3) is 6.08 Å². The van der Waals surface area contributed by atoms with Crippen molar-refractivity contribution in [2.75, 3.05) is 13.2 Å². The number of rotatable bonds is 9. The molecule has 47 heavy (non-hydrogen) atoms. The minimum atomic E-state index is -0.186. The Morgan fingerprint density at radius 2 is 1.04 bits per heavy atom. The van der Waals surface area contributed by atoms with E-state index in [1.807, 2.05) is 122 Å². The first-order valence-corrected chi connectivity index (χ1v) is 16.5. The third-order valence-corrected chi connectivity index (χ3v) is 7.35. The van der Waals surface area contributed by atoms with Crippen LogP contribution < -0.4 is 9.47 Å². The summed E-state index contributed by atoms with van der Waals surface area (Å²) in [4.78, 5) is 23.0. The van der Waals surface area contributed by atoms with E-state index < -0.39 is 0 Å². The van der Waals surface area contributed by atoms with Crippen molar-refractivity contribution in [2.45, 2.75) is 91.3 Å². The monoisotopic (exact) mass is 644 g/mol. The highest BCUT2D eigenvalue weighted by atomic mass is 16.5. The highest BCUT2D eigenvalue weighted by molar-refractivity contribution is 5.78. The molecule has 0 spiro atoms. The lowest BCUT2D eigenvalue weighted by atomic mass is 10.1. The Labute approximate surface area is 280 Å². The number of phenolic OH excluding ortho intramolecular Hbond substituents is 1. The number of aromatic hydroxyl groups is 1. The van der Waals surface area contributed by atoms with E-state index in [0.29, 0.717) is 19.1 Å². The summed E-state index contributed by atoms with van der Waals surface area (Å²) in [5.41, 5.74) is 3.09. The van der Waals surface area contributed by atoms with Crippen molar-refractivity contribution in [2.24, 2.45) is 11.8 Å². The van der Waals surface area contributed by atoms with Crippen LogP contribution in [0.15, 0.2) is 79.4 Å². The molecular formula is C40H52O7. The summed E-state index contributed by atoms with van der Waals surface area (Å²) in [5.74, 6) is 2.53. The van der Waals surface area contributed by atoms with Gasteiger partial charge in [0.1, 0.15) is 28.5 Å². The summed E-state index contributed by atoms with van der Waals surface area (Å²) < 4.78 is 21.4. The molecule has 0 heterocycles. The second-order valence-corrected chi connectivity index (χ2v) is 13.8. The number of carbonyl (C=O) groups is 2. The number of ether oxygens (including phenoxy) is 4. The van der Waals surface area contributed by atoms with Crippen LogP contribution >= 0.6 is 0 Å². The fourth-order valence-electron chi connectivity index (χ4n) is 5.03. The molecule has 3 aromatic rings. The Hall–Kier alpha value is -4.26. The van der Waals surface area contributed by atoms with Gasteiger partial charge in [-0.2, -0.15) is 0 Å². The zero-order valence-corrected chi connectivity index (χ0v) is 29.2. The molecule has 5 rings (SSSR count). The molecule has 0 aromatic heterocycles. The number of hydrogen-bond donors (Lipinski definition) is 1. The van der Waals surface area contributed by atoms with Crippen molar-refractivity contribution in [1.82, 2.24) is 0 Å². The third kappa shape index (κ3) is 12.8. The van der Waals surface area contributed by atoms with Gasteiger partial charge in [0.25, 0.3) is 0 Å². The Kier molecular flexibility index (Phi) is 13.1. The van der Waals surface area contributed by atoms with Crippen molar-refractivity contribution < 1.29 is 33.6 Å². The molecule has 0 radical (unpaired) electrons. The molecule has 0 unspecified atom stereocenters. The minimum absolute atomic E-state index is 0.0227. The lowest BCUT2D eigenvalue weighted by Crippen LogP contribution is -2.22. The summed E-state index contributed by atoms with van der Waals surface area (Å²) in [6.07, 6.45) is 3.59. The van der Waals surface area contributed by atoms with E-state index in [1.54, 1.807) is 12.1 Å². The number of phenols is 1. The van der Waals surface area contributed by atoms with Gasteiger partial charge in [-0.1, -0.05) is 49.1 Å². The lowest BCUT2D eigenvalue weighted by Gasteiger charge is -2.21. The number of hydrogen-bond acceptors (Lipinski definition) is 7. The molecule has 2 aliphatic rings. The van der Waals surface area contributed by atoms with Gasteiger partial charge in [-0.3, -0.25) is 9.59 Å². The lowest BCUT2D eigenvalue weighted by molar-refractivity contribution is -0.145. The SMILES string of the molecule is C=Cc1ccc(OC(C)(C)C)cc1.CCOC(=O)[C@H]1C[C@@H]1c1ccc(O)cc1.CCOC(=O)[C@H]1C[C@@H]1c1ccc(OC(C)(C)C)cc1. The normalized spacial score (nSPS) is 19.4. The average molecular weight is 645 g/mol. The van der Waals surface area contributed by atoms with Crippen LogP contribution in [0, 0.1) is 11.8 Å². The van der Waals surface area contributed by atoms with Crippen molar-refractivity contribution in [1.29, 1.82) is 0 Å². The van der Waals surface area contributed by atoms with E-state index in [-0.39, 0.29) is 46.6 Å². The second-order valence-electron chi connectivity index (χ2n) is 13.8. The molecule has 0 saturated heterocycles. The molecular weight excluding hydrogens is 592 g/mol. The molecule has 0 aliphatic heterocycles. The summed E-state index contributed by atoms with van der Waals surface area (Å²) >= 11 is 0. The third-order valence-electron chi connectivity index (χ3n) is 7.35. The number of benzene rings is 3. The second kappa shape index (κ2) is 16.5. The van der Waals surface area contributed by atoms with E-state index in [0.717, 1.165) is 35.5 Å². The van der Waals surface area contributed by atoms with Gasteiger partial charge in [0.15, 0.2) is 0 Å². The van der Waals surface area contributed by atoms with Crippen LogP contribution in [0.1, 0.15) is 96.8 Å². The Morgan fingerprint density at radius 3 is 1.38 bits per heavy atom. The first-order valence-electron chi connectivity index (χ1n) is 16.5. The van der Waals surface area contributed by atoms with Gasteiger partial charge in [-0.25, -0.2) is 0 Å². The molecule has 0 amide bonds. The Bertz CT molecular complexity index is 1430. The Balaban J connectivity index is 0.000000196. The smallest absolute Gasteiger partial charge is 0.309 e. The van der Waals surface area contributed by atoms with Crippen molar-refractivity contribution in [3.63, 3.8) is 0 Å². The molecule has 2 saturated carbocycles. The predicted molar refractivity (Wildman–Crippen MR) is 187 cm³/mol. The van der Waals surface area contributed by atoms with Crippen molar-refractivity contribution >= 4 is 18.0 Å². The minimum Gasteiger partial charge on any atom is -0.508 e. The molecule has 3 aromatic carbocycles.